The van der Waals surface area contributed by atoms with Gasteiger partial charge in [0.05, 0.1) is 12.6 Å². The standard InChI is InChI=1S/C17H12ClFN4O4/c18-14-9-12(19)2-1-11(14)10-22-8-7-15(21-22)20-16(24)5-3-13-4-6-17(27-13)23(25)26/h1-9H,10H2,(H,20,21,24)/b5-3+. The summed E-state index contributed by atoms with van der Waals surface area (Å²) in [6, 6.07) is 8.23. The van der Waals surface area contributed by atoms with E-state index in [1.165, 1.54) is 41.1 Å². The number of nitrogens with one attached hydrogen (secondary N) is 1. The number of nitrogens with zero attached hydrogens (tertiary/aromatic N) is 3. The Morgan fingerprint density at radius 1 is 1.37 bits per heavy atom. The Morgan fingerprint density at radius 2 is 2.19 bits per heavy atom. The lowest BCUT2D eigenvalue weighted by Crippen LogP contribution is -2.09. The molecule has 0 aliphatic heterocycles. The largest absolute Gasteiger partial charge is 0.433 e. The van der Waals surface area contributed by atoms with E-state index in [9.17, 15) is 19.3 Å². The van der Waals surface area contributed by atoms with Crippen molar-refractivity contribution < 1.29 is 18.5 Å². The maximum absolute atomic E-state index is 13.1. The number of anilines is 1. The van der Waals surface area contributed by atoms with E-state index in [2.05, 4.69) is 10.4 Å². The maximum Gasteiger partial charge on any atom is 0.433 e. The summed E-state index contributed by atoms with van der Waals surface area (Å²) in [6.45, 7) is 0.306. The molecule has 10 heteroatoms. The summed E-state index contributed by atoms with van der Waals surface area (Å²) >= 11 is 5.98. The molecule has 2 heterocycles. The fourth-order valence-electron chi connectivity index (χ4n) is 2.20. The molecule has 8 nitrogen and oxygen atoms in total. The van der Waals surface area contributed by atoms with Crippen molar-refractivity contribution in [3.8, 4) is 0 Å². The number of halogens is 2. The van der Waals surface area contributed by atoms with Crippen molar-refractivity contribution >= 4 is 35.3 Å². The molecule has 0 saturated carbocycles. The highest BCUT2D eigenvalue weighted by Crippen LogP contribution is 2.19. The predicted molar refractivity (Wildman–Crippen MR) is 95.8 cm³/mol. The number of carbonyl (C=O) groups is 1. The number of nitro groups is 1. The molecule has 1 aromatic carbocycles. The molecule has 27 heavy (non-hydrogen) atoms. The summed E-state index contributed by atoms with van der Waals surface area (Å²) in [4.78, 5) is 21.8. The molecule has 0 atom stereocenters. The number of aromatic nitrogens is 2. The van der Waals surface area contributed by atoms with Gasteiger partial charge in [-0.2, -0.15) is 5.10 Å². The van der Waals surface area contributed by atoms with Crippen LogP contribution in [0.2, 0.25) is 5.02 Å². The summed E-state index contributed by atoms with van der Waals surface area (Å²) in [5.74, 6) is -0.847. The Hall–Kier alpha value is -3.46. The van der Waals surface area contributed by atoms with Crippen LogP contribution in [0.15, 0.2) is 53.1 Å². The zero-order chi connectivity index (χ0) is 19.4. The Bertz CT molecular complexity index is 1030. The van der Waals surface area contributed by atoms with Gasteiger partial charge in [0.15, 0.2) is 5.82 Å². The number of benzene rings is 1. The van der Waals surface area contributed by atoms with Crippen LogP contribution in [-0.2, 0) is 11.3 Å². The van der Waals surface area contributed by atoms with Crippen molar-refractivity contribution in [1.29, 1.82) is 0 Å². The lowest BCUT2D eigenvalue weighted by atomic mass is 10.2. The number of furan rings is 1. The van der Waals surface area contributed by atoms with Crippen molar-refractivity contribution in [2.45, 2.75) is 6.54 Å². The van der Waals surface area contributed by atoms with E-state index < -0.39 is 22.5 Å². The van der Waals surface area contributed by atoms with E-state index in [1.54, 1.807) is 18.3 Å². The minimum absolute atomic E-state index is 0.174. The molecule has 0 fully saturated rings. The Balaban J connectivity index is 1.60. The fraction of sp³-hybridized carbons (Fsp3) is 0.0588. The van der Waals surface area contributed by atoms with Gasteiger partial charge in [-0.3, -0.25) is 19.6 Å². The van der Waals surface area contributed by atoms with Crippen LogP contribution in [0.3, 0.4) is 0 Å². The normalized spacial score (nSPS) is 11.0. The van der Waals surface area contributed by atoms with E-state index in [1.807, 2.05) is 0 Å². The minimum Gasteiger partial charge on any atom is -0.401 e. The molecule has 0 aliphatic rings. The van der Waals surface area contributed by atoms with Gasteiger partial charge in [0.25, 0.3) is 0 Å². The highest BCUT2D eigenvalue weighted by molar-refractivity contribution is 6.31. The van der Waals surface area contributed by atoms with Crippen LogP contribution in [0.25, 0.3) is 6.08 Å². The molecule has 0 unspecified atom stereocenters. The molecule has 1 N–H and O–H groups in total. The SMILES string of the molecule is O=C(/C=C/c1ccc([N+](=O)[O-])o1)Nc1ccn(Cc2ccc(F)cc2Cl)n1. The van der Waals surface area contributed by atoms with Crippen LogP contribution in [0.5, 0.6) is 0 Å². The lowest BCUT2D eigenvalue weighted by Gasteiger charge is -2.04. The number of hydrogen-bond donors (Lipinski definition) is 1. The summed E-state index contributed by atoms with van der Waals surface area (Å²) in [7, 11) is 0. The quantitative estimate of drug-likeness (QED) is 0.391. The molecule has 0 spiro atoms. The fourth-order valence-corrected chi connectivity index (χ4v) is 2.42. The second kappa shape index (κ2) is 7.83. The van der Waals surface area contributed by atoms with Crippen molar-refractivity contribution in [2.24, 2.45) is 0 Å². The Labute approximate surface area is 157 Å². The number of carbonyl (C=O) groups excluding carboxylic acids is 1. The number of rotatable bonds is 6. The molecular formula is C17H12ClFN4O4. The first-order chi connectivity index (χ1) is 12.9. The van der Waals surface area contributed by atoms with Crippen molar-refractivity contribution in [3.63, 3.8) is 0 Å². The minimum atomic E-state index is -0.669. The highest BCUT2D eigenvalue weighted by Gasteiger charge is 2.10. The van der Waals surface area contributed by atoms with Crippen molar-refractivity contribution in [2.75, 3.05) is 5.32 Å². The van der Waals surface area contributed by atoms with Crippen molar-refractivity contribution in [3.05, 3.63) is 80.9 Å². The van der Waals surface area contributed by atoms with Gasteiger partial charge in [-0.15, -0.1) is 0 Å². The molecule has 0 aliphatic carbocycles. The predicted octanol–water partition coefficient (Wildman–Crippen LogP) is 3.88. The van der Waals surface area contributed by atoms with E-state index in [-0.39, 0.29) is 10.8 Å². The van der Waals surface area contributed by atoms with Gasteiger partial charge in [-0.25, -0.2) is 4.39 Å². The molecule has 0 saturated heterocycles. The zero-order valence-corrected chi connectivity index (χ0v) is 14.4. The number of amides is 1. The molecule has 138 valence electrons. The monoisotopic (exact) mass is 390 g/mol. The van der Waals surface area contributed by atoms with Crippen LogP contribution in [0.4, 0.5) is 16.1 Å². The van der Waals surface area contributed by atoms with Crippen LogP contribution >= 0.6 is 11.6 Å². The molecule has 3 aromatic rings. The van der Waals surface area contributed by atoms with E-state index in [0.717, 1.165) is 0 Å². The van der Waals surface area contributed by atoms with Crippen LogP contribution in [0.1, 0.15) is 11.3 Å². The summed E-state index contributed by atoms with van der Waals surface area (Å²) < 4.78 is 19.5. The first-order valence-electron chi connectivity index (χ1n) is 7.61. The average molecular weight is 391 g/mol. The van der Waals surface area contributed by atoms with E-state index >= 15 is 0 Å². The molecule has 0 radical (unpaired) electrons. The summed E-state index contributed by atoms with van der Waals surface area (Å²) in [6.07, 6.45) is 4.10. The third kappa shape index (κ3) is 4.79. The number of hydrogen-bond acceptors (Lipinski definition) is 5. The first kappa shape index (κ1) is 18.3. The lowest BCUT2D eigenvalue weighted by molar-refractivity contribution is -0.402. The third-order valence-corrected chi connectivity index (χ3v) is 3.78. The first-order valence-corrected chi connectivity index (χ1v) is 7.99. The molecule has 1 amide bonds. The van der Waals surface area contributed by atoms with Gasteiger partial charge in [0, 0.05) is 23.4 Å². The summed E-state index contributed by atoms with van der Waals surface area (Å²) in [5.41, 5.74) is 0.679. The Morgan fingerprint density at radius 3 is 2.89 bits per heavy atom. The van der Waals surface area contributed by atoms with Gasteiger partial charge in [-0.05, 0) is 29.8 Å². The van der Waals surface area contributed by atoms with E-state index in [4.69, 9.17) is 16.0 Å². The molecule has 3 rings (SSSR count). The second-order valence-corrected chi connectivity index (χ2v) is 5.80. The third-order valence-electron chi connectivity index (χ3n) is 3.43. The van der Waals surface area contributed by atoms with Gasteiger partial charge in [0.1, 0.15) is 16.5 Å². The topological polar surface area (TPSA) is 103 Å². The van der Waals surface area contributed by atoms with Crippen LogP contribution < -0.4 is 5.32 Å². The van der Waals surface area contributed by atoms with Crippen LogP contribution in [0, 0.1) is 15.9 Å². The molecule has 0 bridgehead atoms. The average Bonchev–Trinajstić information content (AvgIpc) is 3.25. The van der Waals surface area contributed by atoms with Gasteiger partial charge >= 0.3 is 5.88 Å². The molecule has 2 aromatic heterocycles. The van der Waals surface area contributed by atoms with Gasteiger partial charge in [-0.1, -0.05) is 17.7 Å². The zero-order valence-electron chi connectivity index (χ0n) is 13.6. The van der Waals surface area contributed by atoms with Gasteiger partial charge in [0.2, 0.25) is 5.91 Å². The Kier molecular flexibility index (Phi) is 5.32. The van der Waals surface area contributed by atoms with Crippen molar-refractivity contribution in [1.82, 2.24) is 9.78 Å². The molecular weight excluding hydrogens is 379 g/mol. The second-order valence-electron chi connectivity index (χ2n) is 5.39. The van der Waals surface area contributed by atoms with E-state index in [0.29, 0.717) is 17.9 Å². The van der Waals surface area contributed by atoms with Crippen LogP contribution in [-0.4, -0.2) is 20.6 Å². The smallest absolute Gasteiger partial charge is 0.401 e. The van der Waals surface area contributed by atoms with Gasteiger partial charge < -0.3 is 9.73 Å². The maximum atomic E-state index is 13.1. The highest BCUT2D eigenvalue weighted by atomic mass is 35.5. The summed E-state index contributed by atoms with van der Waals surface area (Å²) in [5, 5.41) is 17.5.